The van der Waals surface area contributed by atoms with Gasteiger partial charge in [0.05, 0.1) is 27.7 Å². The van der Waals surface area contributed by atoms with Crippen LogP contribution in [0.2, 0.25) is 0 Å². The SMILES string of the molecule is CCCCCCC/C=C\C/C=C\C/C=C\CCCCCCCCCCCCC(=O)OC(COC(=O)CCCCCCCCCCCCCCC/C=C\C/C=C\CCCCCCC)COP(=O)([O-])OCC[N+](C)(C)C. The summed E-state index contributed by atoms with van der Waals surface area (Å²) in [6, 6.07) is 0. The van der Waals surface area contributed by atoms with Gasteiger partial charge in [-0.15, -0.1) is 0 Å². The number of ether oxygens (including phenoxy) is 2. The summed E-state index contributed by atoms with van der Waals surface area (Å²) < 4.78 is 34.2. The molecule has 0 aromatic carbocycles. The standard InChI is InChI=1S/C64H118NO8P/c1-6-8-10-12-14-16-18-20-22-24-26-28-30-32-34-36-38-40-42-44-46-48-50-52-54-56-63(66)70-60-62(61-72-74(68,69)71-59-58-65(3,4)5)73-64(67)57-55-53-51-49-47-45-43-41-39-37-35-33-31-29-27-25-23-21-19-17-15-13-11-9-7-2/h18-21,24-27,31,33,62H,6-17,22-23,28-30,32,34-61H2,1-5H3/b20-18-,21-19-,26-24-,27-25-,33-31-. The summed E-state index contributed by atoms with van der Waals surface area (Å²) in [4.78, 5) is 37.9. The number of allylic oxidation sites excluding steroid dienone is 10. The summed E-state index contributed by atoms with van der Waals surface area (Å²) in [5.41, 5.74) is 0. The van der Waals surface area contributed by atoms with Gasteiger partial charge in [0, 0.05) is 12.8 Å². The van der Waals surface area contributed by atoms with Crippen LogP contribution in [0.4, 0.5) is 0 Å². The quantitative estimate of drug-likeness (QED) is 0.0195. The normalized spacial score (nSPS) is 13.6. The molecule has 0 aromatic heterocycles. The van der Waals surface area contributed by atoms with E-state index in [9.17, 15) is 19.0 Å². The predicted octanol–water partition coefficient (Wildman–Crippen LogP) is 18.9. The topological polar surface area (TPSA) is 111 Å². The Morgan fingerprint density at radius 1 is 0.419 bits per heavy atom. The van der Waals surface area contributed by atoms with Crippen molar-refractivity contribution in [3.63, 3.8) is 0 Å². The molecule has 0 aliphatic carbocycles. The molecule has 0 aromatic rings. The van der Waals surface area contributed by atoms with Gasteiger partial charge in [0.2, 0.25) is 0 Å². The molecule has 0 bridgehead atoms. The molecule has 0 radical (unpaired) electrons. The number of esters is 2. The number of phosphoric acid groups is 1. The average molecular weight is 1060 g/mol. The Kier molecular flexibility index (Phi) is 53.7. The first-order chi connectivity index (χ1) is 36.0. The monoisotopic (exact) mass is 1060 g/mol. The lowest BCUT2D eigenvalue weighted by molar-refractivity contribution is -0.870. The second kappa shape index (κ2) is 55.5. The lowest BCUT2D eigenvalue weighted by atomic mass is 10.0. The van der Waals surface area contributed by atoms with Crippen LogP contribution in [0.5, 0.6) is 0 Å². The first-order valence-electron chi connectivity index (χ1n) is 31.0. The number of hydrogen-bond donors (Lipinski definition) is 0. The molecule has 0 fully saturated rings. The van der Waals surface area contributed by atoms with Crippen LogP contribution in [-0.4, -0.2) is 70.0 Å². The summed E-state index contributed by atoms with van der Waals surface area (Å²) in [7, 11) is 1.17. The van der Waals surface area contributed by atoms with Gasteiger partial charge in [-0.1, -0.05) is 248 Å². The van der Waals surface area contributed by atoms with Crippen molar-refractivity contribution in [2.24, 2.45) is 0 Å². The number of nitrogens with zero attached hydrogens (tertiary/aromatic N) is 1. The van der Waals surface area contributed by atoms with E-state index in [2.05, 4.69) is 74.6 Å². The number of likely N-dealkylation sites (N-methyl/N-ethyl adjacent to an activating group) is 1. The van der Waals surface area contributed by atoms with Crippen LogP contribution in [0.3, 0.4) is 0 Å². The highest BCUT2D eigenvalue weighted by Gasteiger charge is 2.22. The summed E-state index contributed by atoms with van der Waals surface area (Å²) in [5, 5.41) is 0. The molecule has 432 valence electrons. The predicted molar refractivity (Wildman–Crippen MR) is 314 cm³/mol. The lowest BCUT2D eigenvalue weighted by Crippen LogP contribution is -2.37. The van der Waals surface area contributed by atoms with Gasteiger partial charge in [0.15, 0.2) is 6.10 Å². The van der Waals surface area contributed by atoms with Crippen LogP contribution in [0, 0.1) is 0 Å². The molecule has 2 atom stereocenters. The van der Waals surface area contributed by atoms with Gasteiger partial charge in [-0.25, -0.2) is 0 Å². The fourth-order valence-electron chi connectivity index (χ4n) is 8.69. The minimum absolute atomic E-state index is 0.0328. The van der Waals surface area contributed by atoms with Gasteiger partial charge in [0.1, 0.15) is 19.8 Å². The Morgan fingerprint density at radius 3 is 1.08 bits per heavy atom. The zero-order valence-electron chi connectivity index (χ0n) is 49.0. The number of phosphoric ester groups is 1. The second-order valence-electron chi connectivity index (χ2n) is 22.1. The molecule has 74 heavy (non-hydrogen) atoms. The molecule has 0 saturated heterocycles. The van der Waals surface area contributed by atoms with Crippen molar-refractivity contribution in [2.45, 2.75) is 290 Å². The first-order valence-corrected chi connectivity index (χ1v) is 32.5. The Bertz CT molecular complexity index is 1430. The molecule has 0 amide bonds. The van der Waals surface area contributed by atoms with E-state index in [1.54, 1.807) is 0 Å². The fourth-order valence-corrected chi connectivity index (χ4v) is 9.42. The Morgan fingerprint density at radius 2 is 0.730 bits per heavy atom. The van der Waals surface area contributed by atoms with Crippen molar-refractivity contribution >= 4 is 19.8 Å². The van der Waals surface area contributed by atoms with Gasteiger partial charge in [-0.05, 0) is 83.5 Å². The van der Waals surface area contributed by atoms with Crippen LogP contribution in [0.25, 0.3) is 0 Å². The Hall–Kier alpha value is -2.29. The summed E-state index contributed by atoms with van der Waals surface area (Å²) in [6.45, 7) is 4.24. The van der Waals surface area contributed by atoms with E-state index in [1.165, 1.54) is 186 Å². The zero-order valence-corrected chi connectivity index (χ0v) is 49.9. The molecule has 0 aliphatic heterocycles. The van der Waals surface area contributed by atoms with E-state index in [-0.39, 0.29) is 32.0 Å². The smallest absolute Gasteiger partial charge is 0.306 e. The van der Waals surface area contributed by atoms with Crippen molar-refractivity contribution < 1.29 is 42.1 Å². The first kappa shape index (κ1) is 71.7. The van der Waals surface area contributed by atoms with Gasteiger partial charge >= 0.3 is 11.9 Å². The van der Waals surface area contributed by atoms with Crippen molar-refractivity contribution in [1.29, 1.82) is 0 Å². The van der Waals surface area contributed by atoms with Gasteiger partial charge in [-0.3, -0.25) is 14.2 Å². The minimum atomic E-state index is -4.64. The molecule has 0 N–H and O–H groups in total. The Labute approximate surface area is 457 Å². The van der Waals surface area contributed by atoms with Crippen LogP contribution in [0.15, 0.2) is 60.8 Å². The maximum absolute atomic E-state index is 12.8. The molecule has 2 unspecified atom stereocenters. The molecule has 0 aliphatic rings. The maximum atomic E-state index is 12.8. The Balaban J connectivity index is 4.14. The molecular weight excluding hydrogens is 942 g/mol. The van der Waals surface area contributed by atoms with E-state index >= 15 is 0 Å². The van der Waals surface area contributed by atoms with Crippen molar-refractivity contribution in [3.8, 4) is 0 Å². The molecule has 0 spiro atoms. The number of hydrogen-bond acceptors (Lipinski definition) is 8. The van der Waals surface area contributed by atoms with E-state index < -0.39 is 26.5 Å². The van der Waals surface area contributed by atoms with E-state index in [1.807, 2.05) is 21.1 Å². The summed E-state index contributed by atoms with van der Waals surface area (Å²) in [5.74, 6) is -0.831. The van der Waals surface area contributed by atoms with Gasteiger partial charge in [0.25, 0.3) is 7.82 Å². The van der Waals surface area contributed by atoms with E-state index in [0.717, 1.165) is 64.2 Å². The minimum Gasteiger partial charge on any atom is -0.756 e. The van der Waals surface area contributed by atoms with Crippen LogP contribution >= 0.6 is 7.82 Å². The van der Waals surface area contributed by atoms with Crippen molar-refractivity contribution in [1.82, 2.24) is 0 Å². The fraction of sp³-hybridized carbons (Fsp3) is 0.812. The van der Waals surface area contributed by atoms with Crippen LogP contribution in [-0.2, 0) is 32.7 Å². The molecule has 0 saturated carbocycles. The highest BCUT2D eigenvalue weighted by atomic mass is 31.2. The van der Waals surface area contributed by atoms with Gasteiger partial charge in [-0.2, -0.15) is 0 Å². The molecule has 0 heterocycles. The van der Waals surface area contributed by atoms with E-state index in [0.29, 0.717) is 17.4 Å². The number of rotatable bonds is 57. The number of carbonyl (C=O) groups is 2. The summed E-state index contributed by atoms with van der Waals surface area (Å²) >= 11 is 0. The van der Waals surface area contributed by atoms with E-state index in [4.69, 9.17) is 18.5 Å². The third-order valence-corrected chi connectivity index (χ3v) is 14.5. The number of carbonyl (C=O) groups excluding carboxylic acids is 2. The molecule has 0 rings (SSSR count). The average Bonchev–Trinajstić information content (AvgIpc) is 3.36. The van der Waals surface area contributed by atoms with Crippen LogP contribution < -0.4 is 4.89 Å². The number of unbranched alkanes of at least 4 members (excludes halogenated alkanes) is 33. The van der Waals surface area contributed by atoms with Crippen LogP contribution in [0.1, 0.15) is 284 Å². The van der Waals surface area contributed by atoms with Gasteiger partial charge < -0.3 is 27.9 Å². The zero-order chi connectivity index (χ0) is 54.2. The highest BCUT2D eigenvalue weighted by Crippen LogP contribution is 2.38. The maximum Gasteiger partial charge on any atom is 0.306 e. The van der Waals surface area contributed by atoms with Crippen molar-refractivity contribution in [2.75, 3.05) is 47.5 Å². The van der Waals surface area contributed by atoms with Crippen molar-refractivity contribution in [3.05, 3.63) is 60.8 Å². The molecule has 9 nitrogen and oxygen atoms in total. The highest BCUT2D eigenvalue weighted by molar-refractivity contribution is 7.45. The second-order valence-corrected chi connectivity index (χ2v) is 23.5. The summed E-state index contributed by atoms with van der Waals surface area (Å²) in [6.07, 6.45) is 71.2. The largest absolute Gasteiger partial charge is 0.756 e. The molecule has 10 heteroatoms. The third-order valence-electron chi connectivity index (χ3n) is 13.5. The molecular formula is C64H118NO8P. The number of quaternary nitrogens is 1. The lowest BCUT2D eigenvalue weighted by Gasteiger charge is -2.28. The third kappa shape index (κ3) is 59.0.